The first kappa shape index (κ1) is 17.5. The van der Waals surface area contributed by atoms with Gasteiger partial charge >= 0.3 is 18.2 Å². The summed E-state index contributed by atoms with van der Waals surface area (Å²) >= 11 is 0. The minimum atomic E-state index is -5.23. The van der Waals surface area contributed by atoms with E-state index in [1.807, 2.05) is 25.1 Å². The van der Waals surface area contributed by atoms with Crippen molar-refractivity contribution in [2.75, 3.05) is 5.32 Å². The SMILES string of the molecule is Cc1cccc(-c2ccc(C)cc2NC(=O)OC(=O)C(F)(F)F)c1. The number of halogens is 3. The number of aryl methyl sites for hydroxylation is 2. The molecule has 0 bridgehead atoms. The van der Waals surface area contributed by atoms with E-state index in [0.717, 1.165) is 16.7 Å². The fourth-order valence-electron chi connectivity index (χ4n) is 2.10. The topological polar surface area (TPSA) is 55.4 Å². The average molecular weight is 337 g/mol. The van der Waals surface area contributed by atoms with E-state index in [2.05, 4.69) is 10.1 Å². The summed E-state index contributed by atoms with van der Waals surface area (Å²) in [5.74, 6) is -2.57. The molecule has 4 nitrogen and oxygen atoms in total. The van der Waals surface area contributed by atoms with Gasteiger partial charge in [-0.3, -0.25) is 5.32 Å². The fraction of sp³-hybridized carbons (Fsp3) is 0.176. The molecule has 2 aromatic carbocycles. The summed E-state index contributed by atoms with van der Waals surface area (Å²) in [6.07, 6.45) is -6.72. The molecule has 2 rings (SSSR count). The average Bonchev–Trinajstić information content (AvgIpc) is 2.46. The Labute approximate surface area is 136 Å². The molecule has 0 aliphatic carbocycles. The van der Waals surface area contributed by atoms with Crippen molar-refractivity contribution in [3.05, 3.63) is 53.6 Å². The second kappa shape index (κ2) is 6.74. The third-order valence-corrected chi connectivity index (χ3v) is 3.16. The molecule has 0 unspecified atom stereocenters. The molecule has 0 aliphatic rings. The van der Waals surface area contributed by atoms with Crippen LogP contribution in [0.15, 0.2) is 42.5 Å². The molecule has 2 aromatic rings. The zero-order valence-electron chi connectivity index (χ0n) is 12.9. The summed E-state index contributed by atoms with van der Waals surface area (Å²) in [5, 5.41) is 2.19. The highest BCUT2D eigenvalue weighted by atomic mass is 19.4. The number of carbonyl (C=O) groups excluding carboxylic acids is 2. The van der Waals surface area contributed by atoms with Crippen LogP contribution in [0, 0.1) is 13.8 Å². The summed E-state index contributed by atoms with van der Waals surface area (Å²) in [5.41, 5.74) is 3.38. The molecule has 0 aromatic heterocycles. The van der Waals surface area contributed by atoms with E-state index in [4.69, 9.17) is 0 Å². The number of benzene rings is 2. The van der Waals surface area contributed by atoms with Gasteiger partial charge in [-0.2, -0.15) is 13.2 Å². The number of nitrogens with one attached hydrogen (secondary N) is 1. The number of amides is 1. The Hall–Kier alpha value is -2.83. The van der Waals surface area contributed by atoms with Crippen molar-refractivity contribution >= 4 is 17.7 Å². The van der Waals surface area contributed by atoms with Crippen molar-refractivity contribution in [1.82, 2.24) is 0 Å². The van der Waals surface area contributed by atoms with Crippen molar-refractivity contribution in [3.8, 4) is 11.1 Å². The highest BCUT2D eigenvalue weighted by molar-refractivity contribution is 5.97. The Morgan fingerprint density at radius 2 is 1.67 bits per heavy atom. The predicted molar refractivity (Wildman–Crippen MR) is 82.5 cm³/mol. The van der Waals surface area contributed by atoms with Crippen LogP contribution < -0.4 is 5.32 Å². The largest absolute Gasteiger partial charge is 0.491 e. The van der Waals surface area contributed by atoms with Gasteiger partial charge in [0.1, 0.15) is 0 Å². The molecule has 1 amide bonds. The van der Waals surface area contributed by atoms with Gasteiger partial charge in [-0.25, -0.2) is 9.59 Å². The van der Waals surface area contributed by atoms with Crippen LogP contribution in [0.2, 0.25) is 0 Å². The number of hydrogen-bond acceptors (Lipinski definition) is 3. The number of ether oxygens (including phenoxy) is 1. The van der Waals surface area contributed by atoms with Crippen LogP contribution in [0.25, 0.3) is 11.1 Å². The van der Waals surface area contributed by atoms with Crippen LogP contribution in [0.5, 0.6) is 0 Å². The quantitative estimate of drug-likeness (QED) is 0.643. The molecule has 0 saturated heterocycles. The maximum Gasteiger partial charge on any atom is 0.491 e. The molecular weight excluding hydrogens is 323 g/mol. The highest BCUT2D eigenvalue weighted by Crippen LogP contribution is 2.30. The van der Waals surface area contributed by atoms with Gasteiger partial charge in [0.25, 0.3) is 0 Å². The molecule has 126 valence electrons. The number of alkyl halides is 3. The summed E-state index contributed by atoms with van der Waals surface area (Å²) in [6, 6.07) is 12.5. The van der Waals surface area contributed by atoms with E-state index in [0.29, 0.717) is 5.56 Å². The van der Waals surface area contributed by atoms with E-state index in [-0.39, 0.29) is 5.69 Å². The van der Waals surface area contributed by atoms with Crippen molar-refractivity contribution in [2.24, 2.45) is 0 Å². The smallest absolute Gasteiger partial charge is 0.369 e. The number of carbonyl (C=O) groups is 2. The summed E-state index contributed by atoms with van der Waals surface area (Å²) < 4.78 is 40.2. The maximum atomic E-state index is 12.1. The predicted octanol–water partition coefficient (Wildman–Crippen LogP) is 4.61. The molecule has 0 fully saturated rings. The number of hydrogen-bond donors (Lipinski definition) is 1. The Balaban J connectivity index is 2.28. The number of esters is 1. The molecule has 0 atom stereocenters. The fourth-order valence-corrected chi connectivity index (χ4v) is 2.10. The van der Waals surface area contributed by atoms with Gasteiger partial charge in [-0.15, -0.1) is 0 Å². The summed E-state index contributed by atoms with van der Waals surface area (Å²) in [7, 11) is 0. The van der Waals surface area contributed by atoms with Gasteiger partial charge < -0.3 is 4.74 Å². The van der Waals surface area contributed by atoms with Crippen molar-refractivity contribution < 1.29 is 27.5 Å². The van der Waals surface area contributed by atoms with E-state index < -0.39 is 18.2 Å². The first-order valence-corrected chi connectivity index (χ1v) is 6.94. The van der Waals surface area contributed by atoms with Gasteiger partial charge in [0, 0.05) is 5.56 Å². The van der Waals surface area contributed by atoms with Gasteiger partial charge in [-0.05, 0) is 31.0 Å². The zero-order valence-corrected chi connectivity index (χ0v) is 12.9. The van der Waals surface area contributed by atoms with Gasteiger partial charge in [0.2, 0.25) is 0 Å². The highest BCUT2D eigenvalue weighted by Gasteiger charge is 2.42. The Morgan fingerprint density at radius 3 is 2.29 bits per heavy atom. The minimum absolute atomic E-state index is 0.251. The van der Waals surface area contributed by atoms with Crippen LogP contribution in [0.1, 0.15) is 11.1 Å². The second-order valence-electron chi connectivity index (χ2n) is 5.22. The lowest BCUT2D eigenvalue weighted by atomic mass is 10.0. The molecule has 0 heterocycles. The lowest BCUT2D eigenvalue weighted by Gasteiger charge is -2.13. The van der Waals surface area contributed by atoms with Gasteiger partial charge in [-0.1, -0.05) is 42.0 Å². The Bertz CT molecular complexity index is 785. The lowest BCUT2D eigenvalue weighted by molar-refractivity contribution is -0.192. The van der Waals surface area contributed by atoms with Gasteiger partial charge in [0.05, 0.1) is 5.69 Å². The van der Waals surface area contributed by atoms with E-state index >= 15 is 0 Å². The second-order valence-corrected chi connectivity index (χ2v) is 5.22. The molecule has 0 spiro atoms. The first-order valence-electron chi connectivity index (χ1n) is 6.94. The van der Waals surface area contributed by atoms with Crippen molar-refractivity contribution in [1.29, 1.82) is 0 Å². The molecule has 7 heteroatoms. The lowest BCUT2D eigenvalue weighted by Crippen LogP contribution is -2.30. The normalized spacial score (nSPS) is 11.0. The molecule has 1 N–H and O–H groups in total. The van der Waals surface area contributed by atoms with Crippen molar-refractivity contribution in [3.63, 3.8) is 0 Å². The Kier molecular flexibility index (Phi) is 4.92. The number of anilines is 1. The summed E-state index contributed by atoms with van der Waals surface area (Å²) in [6.45, 7) is 3.65. The van der Waals surface area contributed by atoms with E-state index in [1.165, 1.54) is 0 Å². The molecular formula is C17H14F3NO3. The molecule has 24 heavy (non-hydrogen) atoms. The van der Waals surface area contributed by atoms with Crippen LogP contribution in [0.3, 0.4) is 0 Å². The van der Waals surface area contributed by atoms with Crippen LogP contribution in [-0.4, -0.2) is 18.2 Å². The number of rotatable bonds is 2. The van der Waals surface area contributed by atoms with Crippen molar-refractivity contribution in [2.45, 2.75) is 20.0 Å². The summed E-state index contributed by atoms with van der Waals surface area (Å²) in [4.78, 5) is 22.3. The maximum absolute atomic E-state index is 12.1. The monoisotopic (exact) mass is 337 g/mol. The van der Waals surface area contributed by atoms with Gasteiger partial charge in [0.15, 0.2) is 0 Å². The molecule has 0 radical (unpaired) electrons. The third kappa shape index (κ3) is 4.34. The zero-order chi connectivity index (χ0) is 17.9. The van der Waals surface area contributed by atoms with Crippen LogP contribution >= 0.6 is 0 Å². The third-order valence-electron chi connectivity index (χ3n) is 3.16. The first-order chi connectivity index (χ1) is 11.2. The minimum Gasteiger partial charge on any atom is -0.369 e. The molecule has 0 aliphatic heterocycles. The van der Waals surface area contributed by atoms with Crippen LogP contribution in [0.4, 0.5) is 23.7 Å². The van der Waals surface area contributed by atoms with Crippen LogP contribution in [-0.2, 0) is 9.53 Å². The van der Waals surface area contributed by atoms with E-state index in [1.54, 1.807) is 31.2 Å². The Morgan fingerprint density at radius 1 is 1.00 bits per heavy atom. The molecule has 0 saturated carbocycles. The standard InChI is InChI=1S/C17H14F3NO3/c1-10-4-3-5-12(8-10)13-7-6-11(2)9-14(13)21-16(23)24-15(22)17(18,19)20/h3-9H,1-2H3,(H,21,23). The van der Waals surface area contributed by atoms with E-state index in [9.17, 15) is 22.8 Å².